The Morgan fingerprint density at radius 1 is 1.33 bits per heavy atom. The lowest BCUT2D eigenvalue weighted by Gasteiger charge is -2.27. The van der Waals surface area contributed by atoms with Crippen LogP contribution in [0.2, 0.25) is 0 Å². The molecule has 0 spiro atoms. The van der Waals surface area contributed by atoms with E-state index in [0.29, 0.717) is 12.1 Å². The predicted octanol–water partition coefficient (Wildman–Crippen LogP) is 1.47. The van der Waals surface area contributed by atoms with Gasteiger partial charge in [-0.15, -0.1) is 0 Å². The van der Waals surface area contributed by atoms with Crippen LogP contribution in [0.1, 0.15) is 33.1 Å². The van der Waals surface area contributed by atoms with Crippen LogP contribution in [0.3, 0.4) is 0 Å². The van der Waals surface area contributed by atoms with Crippen molar-refractivity contribution in [3.8, 4) is 0 Å². The molecule has 0 saturated heterocycles. The van der Waals surface area contributed by atoms with Gasteiger partial charge < -0.3 is 10.5 Å². The molecular formula is C12H26N2O. The molecule has 1 saturated carbocycles. The Morgan fingerprint density at radius 3 is 2.47 bits per heavy atom. The first-order valence-corrected chi connectivity index (χ1v) is 6.13. The lowest BCUT2D eigenvalue weighted by Crippen LogP contribution is -2.37. The third-order valence-corrected chi connectivity index (χ3v) is 3.29. The molecule has 1 aliphatic carbocycles. The van der Waals surface area contributed by atoms with Crippen molar-refractivity contribution in [3.63, 3.8) is 0 Å². The van der Waals surface area contributed by atoms with Gasteiger partial charge in [0.25, 0.3) is 0 Å². The van der Waals surface area contributed by atoms with E-state index in [2.05, 4.69) is 18.7 Å². The maximum Gasteiger partial charge on any atom is 0.0589 e. The van der Waals surface area contributed by atoms with Gasteiger partial charge in [-0.3, -0.25) is 4.90 Å². The first-order valence-electron chi connectivity index (χ1n) is 6.13. The number of nitrogens with zero attached hydrogens (tertiary/aromatic N) is 1. The van der Waals surface area contributed by atoms with E-state index in [0.717, 1.165) is 32.0 Å². The van der Waals surface area contributed by atoms with Crippen molar-refractivity contribution in [2.45, 2.75) is 45.2 Å². The molecule has 0 bridgehead atoms. The zero-order valence-electron chi connectivity index (χ0n) is 10.4. The van der Waals surface area contributed by atoms with Crippen molar-refractivity contribution in [1.29, 1.82) is 0 Å². The van der Waals surface area contributed by atoms with Crippen molar-refractivity contribution < 1.29 is 4.74 Å². The number of hydrogen-bond donors (Lipinski definition) is 1. The zero-order valence-corrected chi connectivity index (χ0v) is 10.4. The number of rotatable bonds is 8. The summed E-state index contributed by atoms with van der Waals surface area (Å²) < 4.78 is 5.12. The minimum absolute atomic E-state index is 0.425. The first kappa shape index (κ1) is 12.9. The van der Waals surface area contributed by atoms with Gasteiger partial charge in [0, 0.05) is 25.7 Å². The third-order valence-electron chi connectivity index (χ3n) is 3.29. The molecule has 0 radical (unpaired) electrons. The van der Waals surface area contributed by atoms with Gasteiger partial charge in [-0.25, -0.2) is 0 Å². The molecule has 0 heterocycles. The van der Waals surface area contributed by atoms with E-state index in [4.69, 9.17) is 10.5 Å². The molecule has 3 nitrogen and oxygen atoms in total. The quantitative estimate of drug-likeness (QED) is 0.665. The highest BCUT2D eigenvalue weighted by Crippen LogP contribution is 2.32. The van der Waals surface area contributed by atoms with E-state index >= 15 is 0 Å². The van der Waals surface area contributed by atoms with Crippen molar-refractivity contribution >= 4 is 0 Å². The molecule has 0 amide bonds. The predicted molar refractivity (Wildman–Crippen MR) is 63.9 cm³/mol. The topological polar surface area (TPSA) is 38.5 Å². The average Bonchev–Trinajstić information content (AvgIpc) is 3.00. The molecule has 15 heavy (non-hydrogen) atoms. The molecule has 0 aromatic carbocycles. The fourth-order valence-electron chi connectivity index (χ4n) is 1.91. The van der Waals surface area contributed by atoms with Crippen LogP contribution in [0.25, 0.3) is 0 Å². The molecule has 90 valence electrons. The van der Waals surface area contributed by atoms with Gasteiger partial charge in [0.1, 0.15) is 0 Å². The molecule has 0 aliphatic heterocycles. The number of hydrogen-bond acceptors (Lipinski definition) is 3. The maximum absolute atomic E-state index is 6.10. The van der Waals surface area contributed by atoms with Crippen molar-refractivity contribution in [1.82, 2.24) is 4.90 Å². The summed E-state index contributed by atoms with van der Waals surface area (Å²) >= 11 is 0. The smallest absolute Gasteiger partial charge is 0.0589 e. The summed E-state index contributed by atoms with van der Waals surface area (Å²) in [6.45, 7) is 7.41. The van der Waals surface area contributed by atoms with E-state index in [9.17, 15) is 0 Å². The summed E-state index contributed by atoms with van der Waals surface area (Å²) in [4.78, 5) is 2.45. The Morgan fingerprint density at radius 2 is 2.00 bits per heavy atom. The summed E-state index contributed by atoms with van der Waals surface area (Å²) in [5, 5.41) is 0. The Labute approximate surface area is 94.0 Å². The van der Waals surface area contributed by atoms with E-state index in [1.807, 2.05) is 0 Å². The van der Waals surface area contributed by atoms with Gasteiger partial charge in [-0.1, -0.05) is 0 Å². The molecule has 1 atom stereocenters. The summed E-state index contributed by atoms with van der Waals surface area (Å²) in [5.74, 6) is 0.821. The molecule has 0 aromatic heterocycles. The number of nitrogens with two attached hydrogens (primary N) is 1. The molecule has 1 rings (SSSR count). The van der Waals surface area contributed by atoms with E-state index < -0.39 is 0 Å². The van der Waals surface area contributed by atoms with Crippen LogP contribution in [0.4, 0.5) is 0 Å². The van der Waals surface area contributed by atoms with Crippen molar-refractivity contribution in [2.75, 3.05) is 26.8 Å². The Hall–Kier alpha value is -0.120. The van der Waals surface area contributed by atoms with Gasteiger partial charge in [0.05, 0.1) is 6.61 Å². The van der Waals surface area contributed by atoms with Gasteiger partial charge >= 0.3 is 0 Å². The summed E-state index contributed by atoms with van der Waals surface area (Å²) in [7, 11) is 1.76. The summed E-state index contributed by atoms with van der Waals surface area (Å²) in [6.07, 6.45) is 3.83. The molecule has 1 fully saturated rings. The van der Waals surface area contributed by atoms with Gasteiger partial charge in [0.2, 0.25) is 0 Å². The number of methoxy groups -OCH3 is 1. The van der Waals surface area contributed by atoms with Gasteiger partial charge in [0.15, 0.2) is 0 Å². The summed E-state index contributed by atoms with van der Waals surface area (Å²) in [6, 6.07) is 1.01. The highest BCUT2D eigenvalue weighted by atomic mass is 16.5. The molecule has 2 N–H and O–H groups in total. The van der Waals surface area contributed by atoms with Crippen LogP contribution in [-0.2, 0) is 4.74 Å². The highest BCUT2D eigenvalue weighted by Gasteiger charge is 2.28. The molecule has 1 unspecified atom stereocenters. The van der Waals surface area contributed by atoms with Crippen molar-refractivity contribution in [2.24, 2.45) is 11.7 Å². The van der Waals surface area contributed by atoms with Gasteiger partial charge in [-0.2, -0.15) is 0 Å². The Kier molecular flexibility index (Phi) is 5.58. The Bertz CT molecular complexity index is 169. The highest BCUT2D eigenvalue weighted by molar-refractivity contribution is 4.84. The lowest BCUT2D eigenvalue weighted by molar-refractivity contribution is 0.126. The minimum Gasteiger partial charge on any atom is -0.383 e. The minimum atomic E-state index is 0.425. The largest absolute Gasteiger partial charge is 0.383 e. The molecular weight excluding hydrogens is 188 g/mol. The van der Waals surface area contributed by atoms with E-state index in [1.165, 1.54) is 12.8 Å². The molecule has 0 aromatic rings. The fraction of sp³-hybridized carbons (Fsp3) is 1.00. The monoisotopic (exact) mass is 214 g/mol. The average molecular weight is 214 g/mol. The van der Waals surface area contributed by atoms with Crippen LogP contribution < -0.4 is 5.73 Å². The second kappa shape index (κ2) is 6.46. The Balaban J connectivity index is 2.17. The zero-order chi connectivity index (χ0) is 11.3. The summed E-state index contributed by atoms with van der Waals surface area (Å²) in [5.41, 5.74) is 6.10. The van der Waals surface area contributed by atoms with E-state index in [1.54, 1.807) is 7.11 Å². The number of ether oxygens (including phenoxy) is 1. The van der Waals surface area contributed by atoms with Crippen LogP contribution in [0, 0.1) is 5.92 Å². The maximum atomic E-state index is 6.10. The second-order valence-corrected chi connectivity index (χ2v) is 4.91. The normalized spacial score (nSPS) is 18.8. The van der Waals surface area contributed by atoms with Crippen LogP contribution in [0.5, 0.6) is 0 Å². The SMILES string of the molecule is COCCN(CCC(N)C1CC1)C(C)C. The lowest BCUT2D eigenvalue weighted by atomic mass is 10.1. The standard InChI is InChI=1S/C12H26N2O/c1-10(2)14(8-9-15-3)7-6-12(13)11-4-5-11/h10-12H,4-9,13H2,1-3H3. The molecule has 3 heteroatoms. The molecule has 1 aliphatic rings. The van der Waals surface area contributed by atoms with Crippen molar-refractivity contribution in [3.05, 3.63) is 0 Å². The second-order valence-electron chi connectivity index (χ2n) is 4.91. The van der Waals surface area contributed by atoms with Crippen LogP contribution in [0.15, 0.2) is 0 Å². The first-order chi connectivity index (χ1) is 7.15. The van der Waals surface area contributed by atoms with Crippen LogP contribution in [-0.4, -0.2) is 43.8 Å². The van der Waals surface area contributed by atoms with Gasteiger partial charge in [-0.05, 0) is 45.6 Å². The third kappa shape index (κ3) is 4.96. The fourth-order valence-corrected chi connectivity index (χ4v) is 1.91. The van der Waals surface area contributed by atoms with E-state index in [-0.39, 0.29) is 0 Å². The van der Waals surface area contributed by atoms with Crippen LogP contribution >= 0.6 is 0 Å².